The number of halogens is 1. The number of hydrogen-bond acceptors (Lipinski definition) is 4. The molecule has 0 amide bonds. The van der Waals surface area contributed by atoms with Gasteiger partial charge in [0.25, 0.3) is 0 Å². The van der Waals surface area contributed by atoms with E-state index in [0.717, 1.165) is 3.92 Å². The lowest BCUT2D eigenvalue weighted by molar-refractivity contribution is -0.137. The van der Waals surface area contributed by atoms with Crippen LogP contribution in [0.3, 0.4) is 0 Å². The second-order valence-corrected chi connectivity index (χ2v) is 4.36. The zero-order chi connectivity index (χ0) is 9.14. The number of nitrogens with two attached hydrogens (primary N) is 1. The van der Waals surface area contributed by atoms with Gasteiger partial charge in [0.2, 0.25) is 0 Å². The molecule has 6 heteroatoms. The van der Waals surface area contributed by atoms with E-state index in [0.29, 0.717) is 5.69 Å². The molecule has 0 aliphatic heterocycles. The zero-order valence-corrected chi connectivity index (χ0v) is 8.43. The van der Waals surface area contributed by atoms with Crippen molar-refractivity contribution in [2.75, 3.05) is 0 Å². The van der Waals surface area contributed by atoms with Crippen molar-refractivity contribution in [1.82, 2.24) is 4.98 Å². The molecular formula is C6H7BrN2O2S. The highest BCUT2D eigenvalue weighted by atomic mass is 79.9. The molecule has 1 aromatic rings. The van der Waals surface area contributed by atoms with Gasteiger partial charge in [0.1, 0.15) is 0 Å². The molecule has 1 atom stereocenters. The second-order valence-electron chi connectivity index (χ2n) is 2.23. The van der Waals surface area contributed by atoms with Crippen LogP contribution in [0.1, 0.15) is 18.2 Å². The Morgan fingerprint density at radius 1 is 1.92 bits per heavy atom. The van der Waals surface area contributed by atoms with Gasteiger partial charge < -0.3 is 10.8 Å². The zero-order valence-electron chi connectivity index (χ0n) is 6.03. The SMILES string of the molecule is NC(CC(=O)O)c1csc(Br)n1. The van der Waals surface area contributed by atoms with Crippen molar-refractivity contribution in [3.05, 3.63) is 15.0 Å². The van der Waals surface area contributed by atoms with Gasteiger partial charge in [-0.2, -0.15) is 0 Å². The average molecular weight is 251 g/mol. The van der Waals surface area contributed by atoms with Crippen molar-refractivity contribution in [1.29, 1.82) is 0 Å². The van der Waals surface area contributed by atoms with Gasteiger partial charge in [0.05, 0.1) is 18.2 Å². The highest BCUT2D eigenvalue weighted by molar-refractivity contribution is 9.11. The van der Waals surface area contributed by atoms with E-state index in [2.05, 4.69) is 20.9 Å². The Hall–Kier alpha value is -0.460. The molecule has 66 valence electrons. The Morgan fingerprint density at radius 3 is 3.00 bits per heavy atom. The fraction of sp³-hybridized carbons (Fsp3) is 0.333. The molecule has 0 radical (unpaired) electrons. The maximum Gasteiger partial charge on any atom is 0.305 e. The molecule has 0 aliphatic carbocycles. The van der Waals surface area contributed by atoms with Gasteiger partial charge in [-0.05, 0) is 15.9 Å². The normalized spacial score (nSPS) is 12.8. The molecule has 1 rings (SSSR count). The minimum absolute atomic E-state index is 0.0871. The van der Waals surface area contributed by atoms with E-state index in [1.807, 2.05) is 0 Å². The summed E-state index contributed by atoms with van der Waals surface area (Å²) in [4.78, 5) is 14.3. The van der Waals surface area contributed by atoms with Crippen molar-refractivity contribution >= 4 is 33.2 Å². The predicted octanol–water partition coefficient (Wildman–Crippen LogP) is 1.38. The number of carboxylic acids is 1. The van der Waals surface area contributed by atoms with Crippen LogP contribution in [0.5, 0.6) is 0 Å². The van der Waals surface area contributed by atoms with Crippen molar-refractivity contribution in [3.8, 4) is 0 Å². The van der Waals surface area contributed by atoms with E-state index in [1.165, 1.54) is 11.3 Å². The fourth-order valence-electron chi connectivity index (χ4n) is 0.726. The topological polar surface area (TPSA) is 76.2 Å². The number of thiazole rings is 1. The Balaban J connectivity index is 2.64. The van der Waals surface area contributed by atoms with Crippen LogP contribution in [-0.4, -0.2) is 16.1 Å². The molecule has 12 heavy (non-hydrogen) atoms. The maximum atomic E-state index is 10.3. The molecule has 0 spiro atoms. The summed E-state index contributed by atoms with van der Waals surface area (Å²) in [6.45, 7) is 0. The van der Waals surface area contributed by atoms with Gasteiger partial charge in [-0.3, -0.25) is 4.79 Å². The first-order valence-electron chi connectivity index (χ1n) is 3.18. The first-order chi connectivity index (χ1) is 5.59. The van der Waals surface area contributed by atoms with Crippen LogP contribution in [0, 0.1) is 0 Å². The first-order valence-corrected chi connectivity index (χ1v) is 4.85. The summed E-state index contributed by atoms with van der Waals surface area (Å²) in [5, 5.41) is 10.2. The van der Waals surface area contributed by atoms with Gasteiger partial charge in [-0.1, -0.05) is 0 Å². The molecule has 0 aromatic carbocycles. The summed E-state index contributed by atoms with van der Waals surface area (Å²) in [5.41, 5.74) is 6.17. The monoisotopic (exact) mass is 250 g/mol. The van der Waals surface area contributed by atoms with Gasteiger partial charge in [-0.25, -0.2) is 4.98 Å². The molecule has 0 saturated carbocycles. The number of aromatic nitrogens is 1. The highest BCUT2D eigenvalue weighted by Crippen LogP contribution is 2.21. The summed E-state index contributed by atoms with van der Waals surface area (Å²) in [6.07, 6.45) is -0.0871. The second kappa shape index (κ2) is 3.97. The van der Waals surface area contributed by atoms with Crippen LogP contribution < -0.4 is 5.73 Å². The molecule has 1 aromatic heterocycles. The van der Waals surface area contributed by atoms with Gasteiger partial charge in [0, 0.05) is 5.38 Å². The van der Waals surface area contributed by atoms with Crippen LogP contribution in [-0.2, 0) is 4.79 Å². The van der Waals surface area contributed by atoms with Crippen LogP contribution >= 0.6 is 27.3 Å². The van der Waals surface area contributed by atoms with E-state index >= 15 is 0 Å². The molecular weight excluding hydrogens is 244 g/mol. The highest BCUT2D eigenvalue weighted by Gasteiger charge is 2.13. The van der Waals surface area contributed by atoms with Crippen LogP contribution in [0.4, 0.5) is 0 Å². The van der Waals surface area contributed by atoms with Crippen molar-refractivity contribution in [2.45, 2.75) is 12.5 Å². The van der Waals surface area contributed by atoms with Gasteiger partial charge in [-0.15, -0.1) is 11.3 Å². The maximum absolute atomic E-state index is 10.3. The number of aliphatic carboxylic acids is 1. The minimum Gasteiger partial charge on any atom is -0.481 e. The van der Waals surface area contributed by atoms with Gasteiger partial charge >= 0.3 is 5.97 Å². The van der Waals surface area contributed by atoms with Crippen molar-refractivity contribution < 1.29 is 9.90 Å². The lowest BCUT2D eigenvalue weighted by atomic mass is 10.2. The first kappa shape index (κ1) is 9.63. The Kier molecular flexibility index (Phi) is 3.19. The molecule has 4 nitrogen and oxygen atoms in total. The third-order valence-electron chi connectivity index (χ3n) is 1.27. The summed E-state index contributed by atoms with van der Waals surface area (Å²) in [7, 11) is 0. The largest absolute Gasteiger partial charge is 0.481 e. The lowest BCUT2D eigenvalue weighted by Crippen LogP contribution is -2.15. The summed E-state index contributed by atoms with van der Waals surface area (Å²) >= 11 is 4.56. The molecule has 0 saturated heterocycles. The Bertz CT molecular complexity index is 289. The lowest BCUT2D eigenvalue weighted by Gasteiger charge is -2.03. The standard InChI is InChI=1S/C6H7BrN2O2S/c7-6-9-4(2-12-6)3(8)1-5(10)11/h2-3H,1,8H2,(H,10,11). The van der Waals surface area contributed by atoms with Gasteiger partial charge in [0.15, 0.2) is 3.92 Å². The van der Waals surface area contributed by atoms with E-state index in [-0.39, 0.29) is 6.42 Å². The quantitative estimate of drug-likeness (QED) is 0.850. The average Bonchev–Trinajstić information content (AvgIpc) is 2.34. The van der Waals surface area contributed by atoms with E-state index in [9.17, 15) is 4.79 Å². The number of rotatable bonds is 3. The molecule has 3 N–H and O–H groups in total. The molecule has 0 fully saturated rings. The molecule has 0 aliphatic rings. The summed E-state index contributed by atoms with van der Waals surface area (Å²) in [6, 6.07) is -0.509. The van der Waals surface area contributed by atoms with E-state index in [1.54, 1.807) is 5.38 Å². The third-order valence-corrected chi connectivity index (χ3v) is 2.65. The number of nitrogens with zero attached hydrogens (tertiary/aromatic N) is 1. The van der Waals surface area contributed by atoms with E-state index in [4.69, 9.17) is 10.8 Å². The van der Waals surface area contributed by atoms with Crippen molar-refractivity contribution in [3.63, 3.8) is 0 Å². The van der Waals surface area contributed by atoms with Crippen LogP contribution in [0.2, 0.25) is 0 Å². The number of carbonyl (C=O) groups is 1. The molecule has 1 heterocycles. The van der Waals surface area contributed by atoms with Crippen LogP contribution in [0.15, 0.2) is 9.30 Å². The summed E-state index contributed by atoms with van der Waals surface area (Å²) < 4.78 is 0.721. The Labute approximate surface area is 81.5 Å². The third kappa shape index (κ3) is 2.54. The van der Waals surface area contributed by atoms with Crippen LogP contribution in [0.25, 0.3) is 0 Å². The number of hydrogen-bond donors (Lipinski definition) is 2. The van der Waals surface area contributed by atoms with Crippen molar-refractivity contribution in [2.24, 2.45) is 5.73 Å². The van der Waals surface area contributed by atoms with E-state index < -0.39 is 12.0 Å². The Morgan fingerprint density at radius 2 is 2.58 bits per heavy atom. The molecule has 0 bridgehead atoms. The number of carboxylic acid groups (broad SMARTS) is 1. The summed E-state index contributed by atoms with van der Waals surface area (Å²) in [5.74, 6) is -0.911. The molecule has 1 unspecified atom stereocenters. The fourth-order valence-corrected chi connectivity index (χ4v) is 1.81. The predicted molar refractivity (Wildman–Crippen MR) is 49.0 cm³/mol. The minimum atomic E-state index is -0.911. The smallest absolute Gasteiger partial charge is 0.305 e.